The van der Waals surface area contributed by atoms with Gasteiger partial charge in [-0.2, -0.15) is 5.26 Å². The molecule has 0 saturated heterocycles. The Morgan fingerprint density at radius 2 is 1.81 bits per heavy atom. The Hall–Kier alpha value is -3.95. The highest BCUT2D eigenvalue weighted by Gasteiger charge is 2.18. The number of hydrogen-bond acceptors (Lipinski definition) is 10. The van der Waals surface area contributed by atoms with Gasteiger partial charge in [-0.1, -0.05) is 35.1 Å². The van der Waals surface area contributed by atoms with Gasteiger partial charge in [0.15, 0.2) is 11.5 Å². The summed E-state index contributed by atoms with van der Waals surface area (Å²) in [5, 5.41) is 19.0. The van der Waals surface area contributed by atoms with Crippen molar-refractivity contribution in [1.82, 2.24) is 10.2 Å². The van der Waals surface area contributed by atoms with Crippen LogP contribution in [0.25, 0.3) is 6.08 Å². The lowest BCUT2D eigenvalue weighted by molar-refractivity contribution is -0.112. The number of carbonyl (C=O) groups is 1. The van der Waals surface area contributed by atoms with Gasteiger partial charge in [-0.3, -0.25) is 10.1 Å². The van der Waals surface area contributed by atoms with Crippen molar-refractivity contribution in [1.29, 1.82) is 5.26 Å². The molecule has 2 aromatic carbocycles. The molecule has 0 aliphatic heterocycles. The number of anilines is 1. The highest BCUT2D eigenvalue weighted by molar-refractivity contribution is 7.92. The molecule has 0 bridgehead atoms. The normalized spacial score (nSPS) is 11.4. The number of rotatable bonds is 11. The molecule has 36 heavy (non-hydrogen) atoms. The average Bonchev–Trinajstić information content (AvgIpc) is 3.31. The monoisotopic (exact) mass is 528 g/mol. The van der Waals surface area contributed by atoms with E-state index in [1.165, 1.54) is 6.08 Å². The second-order valence-corrected chi connectivity index (χ2v) is 10.6. The Bertz CT molecular complexity index is 1390. The number of amides is 1. The predicted octanol–water partition coefficient (Wildman–Crippen LogP) is 3.65. The third-order valence-corrected chi connectivity index (χ3v) is 7.03. The minimum atomic E-state index is -3.55. The molecule has 3 rings (SSSR count). The van der Waals surface area contributed by atoms with Gasteiger partial charge in [0.05, 0.1) is 6.61 Å². The summed E-state index contributed by atoms with van der Waals surface area (Å²) in [5.41, 5.74) is 1.46. The summed E-state index contributed by atoms with van der Waals surface area (Å²) < 4.78 is 40.0. The molecule has 0 atom stereocenters. The zero-order valence-corrected chi connectivity index (χ0v) is 21.5. The van der Waals surface area contributed by atoms with Gasteiger partial charge in [0, 0.05) is 6.26 Å². The lowest BCUT2D eigenvalue weighted by atomic mass is 10.1. The van der Waals surface area contributed by atoms with E-state index < -0.39 is 15.7 Å². The second-order valence-electron chi connectivity index (χ2n) is 7.42. The van der Waals surface area contributed by atoms with Crippen molar-refractivity contribution in [3.05, 3.63) is 59.2 Å². The van der Waals surface area contributed by atoms with E-state index in [0.29, 0.717) is 41.6 Å². The van der Waals surface area contributed by atoms with Crippen LogP contribution in [0.3, 0.4) is 0 Å². The molecule has 1 aromatic heterocycles. The minimum Gasteiger partial charge on any atom is -0.490 e. The van der Waals surface area contributed by atoms with Crippen LogP contribution < -0.4 is 19.5 Å². The molecule has 1 amide bonds. The minimum absolute atomic E-state index is 0.0341. The van der Waals surface area contributed by atoms with Crippen LogP contribution in [0.2, 0.25) is 0 Å². The molecule has 188 valence electrons. The van der Waals surface area contributed by atoms with E-state index in [2.05, 4.69) is 15.5 Å². The number of aromatic nitrogens is 2. The summed E-state index contributed by atoms with van der Waals surface area (Å²) in [6.07, 6.45) is 2.36. The molecule has 0 unspecified atom stereocenters. The van der Waals surface area contributed by atoms with Crippen LogP contribution in [0.4, 0.5) is 5.13 Å². The lowest BCUT2D eigenvalue weighted by Crippen LogP contribution is -2.13. The number of carbonyl (C=O) groups excluding carboxylic acids is 1. The molecular weight excluding hydrogens is 504 g/mol. The molecule has 3 aromatic rings. The molecule has 0 aliphatic rings. The fourth-order valence-electron chi connectivity index (χ4n) is 2.84. The van der Waals surface area contributed by atoms with Crippen LogP contribution in [0, 0.1) is 18.3 Å². The molecular formula is C24H24N4O6S2. The largest absolute Gasteiger partial charge is 0.490 e. The number of nitrogens with zero attached hydrogens (tertiary/aromatic N) is 3. The first-order valence-corrected chi connectivity index (χ1v) is 13.5. The van der Waals surface area contributed by atoms with Crippen molar-refractivity contribution in [2.45, 2.75) is 18.2 Å². The van der Waals surface area contributed by atoms with Gasteiger partial charge >= 0.3 is 0 Å². The Labute approximate surface area is 213 Å². The van der Waals surface area contributed by atoms with Crippen molar-refractivity contribution in [2.24, 2.45) is 0 Å². The number of nitrogens with one attached hydrogen (secondary N) is 1. The summed E-state index contributed by atoms with van der Waals surface area (Å²) >= 11 is 0.696. The smallest absolute Gasteiger partial charge is 0.268 e. The van der Waals surface area contributed by atoms with Crippen molar-refractivity contribution in [3.8, 4) is 23.3 Å². The maximum atomic E-state index is 12.5. The fourth-order valence-corrected chi connectivity index (χ4v) is 4.34. The van der Waals surface area contributed by atoms with Gasteiger partial charge in [-0.15, -0.1) is 10.2 Å². The summed E-state index contributed by atoms with van der Waals surface area (Å²) in [6.45, 7) is 4.83. The number of nitriles is 1. The first-order chi connectivity index (χ1) is 17.2. The summed E-state index contributed by atoms with van der Waals surface area (Å²) in [7, 11) is -3.55. The quantitative estimate of drug-likeness (QED) is 0.171. The first kappa shape index (κ1) is 26.7. The van der Waals surface area contributed by atoms with Crippen molar-refractivity contribution in [2.75, 3.05) is 31.4 Å². The number of sulfone groups is 1. The lowest BCUT2D eigenvalue weighted by Gasteiger charge is -2.13. The third kappa shape index (κ3) is 7.53. The van der Waals surface area contributed by atoms with Gasteiger partial charge < -0.3 is 14.2 Å². The highest BCUT2D eigenvalue weighted by Crippen LogP contribution is 2.30. The van der Waals surface area contributed by atoms with Crippen LogP contribution >= 0.6 is 11.3 Å². The Morgan fingerprint density at radius 3 is 2.44 bits per heavy atom. The molecule has 0 aliphatic carbocycles. The van der Waals surface area contributed by atoms with Crippen molar-refractivity contribution >= 4 is 38.3 Å². The standard InChI is InChI=1S/C24H24N4O6S2/c1-4-32-21-14-17(7-10-20(21)34-12-11-33-19-8-5-16(2)6-9-19)13-18(15-25)22(29)26-23-27-28-24(35-23)36(3,30)31/h5-10,13-14H,4,11-12H2,1-3H3,(H,26,27,29)/b18-13-. The van der Waals surface area contributed by atoms with Gasteiger partial charge in [0.2, 0.25) is 19.3 Å². The zero-order valence-electron chi connectivity index (χ0n) is 19.8. The molecule has 0 fully saturated rings. The zero-order chi connectivity index (χ0) is 26.1. The van der Waals surface area contributed by atoms with Gasteiger partial charge in [-0.25, -0.2) is 8.42 Å². The van der Waals surface area contributed by atoms with Gasteiger partial charge in [0.25, 0.3) is 5.91 Å². The maximum Gasteiger partial charge on any atom is 0.268 e. The first-order valence-electron chi connectivity index (χ1n) is 10.8. The highest BCUT2D eigenvalue weighted by atomic mass is 32.2. The van der Waals surface area contributed by atoms with Crippen LogP contribution in [0.1, 0.15) is 18.1 Å². The van der Waals surface area contributed by atoms with Gasteiger partial charge in [0.1, 0.15) is 30.6 Å². The van der Waals surface area contributed by atoms with E-state index in [1.54, 1.807) is 18.2 Å². The van der Waals surface area contributed by atoms with Crippen LogP contribution in [-0.2, 0) is 14.6 Å². The molecule has 1 heterocycles. The SMILES string of the molecule is CCOc1cc(/C=C(/C#N)C(=O)Nc2nnc(S(C)(=O)=O)s2)ccc1OCCOc1ccc(C)cc1. The Balaban J connectivity index is 1.67. The maximum absolute atomic E-state index is 12.5. The summed E-state index contributed by atoms with van der Waals surface area (Å²) in [5.74, 6) is 0.936. The van der Waals surface area contributed by atoms with E-state index >= 15 is 0 Å². The fraction of sp³-hybridized carbons (Fsp3) is 0.250. The van der Waals surface area contributed by atoms with Crippen LogP contribution in [0.15, 0.2) is 52.4 Å². The van der Waals surface area contributed by atoms with E-state index in [9.17, 15) is 18.5 Å². The Morgan fingerprint density at radius 1 is 1.08 bits per heavy atom. The molecule has 0 spiro atoms. The van der Waals surface area contributed by atoms with Crippen LogP contribution in [0.5, 0.6) is 17.2 Å². The number of aryl methyl sites for hydroxylation is 1. The summed E-state index contributed by atoms with van der Waals surface area (Å²) in [4.78, 5) is 12.5. The average molecular weight is 529 g/mol. The third-order valence-electron chi connectivity index (χ3n) is 4.52. The predicted molar refractivity (Wildman–Crippen MR) is 135 cm³/mol. The van der Waals surface area contributed by atoms with Crippen molar-refractivity contribution < 1.29 is 27.4 Å². The summed E-state index contributed by atoms with van der Waals surface area (Å²) in [6, 6.07) is 14.5. The van der Waals surface area contributed by atoms with Crippen molar-refractivity contribution in [3.63, 3.8) is 0 Å². The van der Waals surface area contributed by atoms with E-state index in [0.717, 1.165) is 17.6 Å². The molecule has 0 radical (unpaired) electrons. The molecule has 10 nitrogen and oxygen atoms in total. The van der Waals surface area contributed by atoms with E-state index in [4.69, 9.17) is 14.2 Å². The number of benzene rings is 2. The number of ether oxygens (including phenoxy) is 3. The van der Waals surface area contributed by atoms with Gasteiger partial charge in [-0.05, 0) is 49.8 Å². The second kappa shape index (κ2) is 12.1. The van der Waals surface area contributed by atoms with E-state index in [-0.39, 0.29) is 21.7 Å². The van der Waals surface area contributed by atoms with Crippen LogP contribution in [-0.4, -0.2) is 50.6 Å². The molecule has 0 saturated carbocycles. The Kier molecular flexibility index (Phi) is 8.99. The molecule has 12 heteroatoms. The number of hydrogen-bond donors (Lipinski definition) is 1. The molecule has 1 N–H and O–H groups in total. The van der Waals surface area contributed by atoms with E-state index in [1.807, 2.05) is 44.2 Å². The topological polar surface area (TPSA) is 140 Å².